The van der Waals surface area contributed by atoms with E-state index < -0.39 is 0 Å². The number of hydrogen-bond donors (Lipinski definition) is 1. The van der Waals surface area contributed by atoms with Gasteiger partial charge in [0, 0.05) is 13.1 Å². The Kier molecular flexibility index (Phi) is 3.60. The van der Waals surface area contributed by atoms with Crippen LogP contribution in [0, 0.1) is 11.8 Å². The molecule has 1 atom stereocenters. The first-order valence-electron chi connectivity index (χ1n) is 5.94. The van der Waals surface area contributed by atoms with Gasteiger partial charge in [0.05, 0.1) is 0 Å². The molecule has 0 aromatic heterocycles. The molecule has 2 heteroatoms. The minimum atomic E-state index is 0.969. The Labute approximate surface area is 87.4 Å². The summed E-state index contributed by atoms with van der Waals surface area (Å²) in [4.78, 5) is 2.54. The maximum Gasteiger partial charge on any atom is 0.0160 e. The molecule has 1 unspecified atom stereocenters. The van der Waals surface area contributed by atoms with Gasteiger partial charge in [-0.05, 0) is 50.7 Å². The molecule has 80 valence electrons. The van der Waals surface area contributed by atoms with Gasteiger partial charge >= 0.3 is 0 Å². The van der Waals surface area contributed by atoms with Gasteiger partial charge in [-0.25, -0.2) is 0 Å². The van der Waals surface area contributed by atoms with Gasteiger partial charge in [-0.1, -0.05) is 6.08 Å². The lowest BCUT2D eigenvalue weighted by molar-refractivity contribution is 0.252. The normalized spacial score (nSPS) is 30.7. The van der Waals surface area contributed by atoms with E-state index in [4.69, 9.17) is 0 Å². The average Bonchev–Trinajstić information content (AvgIpc) is 2.68. The third-order valence-electron chi connectivity index (χ3n) is 3.75. The molecule has 2 aliphatic rings. The number of likely N-dealkylation sites (tertiary alicyclic amines) is 1. The molecule has 0 aromatic carbocycles. The van der Waals surface area contributed by atoms with Crippen LogP contribution in [-0.4, -0.2) is 37.6 Å². The number of piperidine rings is 1. The van der Waals surface area contributed by atoms with Crippen molar-refractivity contribution in [3.05, 3.63) is 12.7 Å². The lowest BCUT2D eigenvalue weighted by Crippen LogP contribution is -2.32. The molecular weight excluding hydrogens is 172 g/mol. The van der Waals surface area contributed by atoms with Crippen molar-refractivity contribution < 1.29 is 0 Å². The van der Waals surface area contributed by atoms with Gasteiger partial charge in [0.2, 0.25) is 0 Å². The predicted octanol–water partition coefficient (Wildman–Crippen LogP) is 1.49. The number of nitrogens with one attached hydrogen (secondary N) is 1. The average molecular weight is 194 g/mol. The summed E-state index contributed by atoms with van der Waals surface area (Å²) >= 11 is 0. The van der Waals surface area contributed by atoms with E-state index in [2.05, 4.69) is 16.8 Å². The zero-order valence-electron chi connectivity index (χ0n) is 9.04. The molecule has 14 heavy (non-hydrogen) atoms. The predicted molar refractivity (Wildman–Crippen MR) is 60.3 cm³/mol. The summed E-state index contributed by atoms with van der Waals surface area (Å²) in [5.74, 6) is 1.96. The van der Waals surface area contributed by atoms with Gasteiger partial charge in [0.15, 0.2) is 0 Å². The van der Waals surface area contributed by atoms with E-state index >= 15 is 0 Å². The van der Waals surface area contributed by atoms with Crippen LogP contribution in [0.15, 0.2) is 12.7 Å². The van der Waals surface area contributed by atoms with Crippen LogP contribution in [0.1, 0.15) is 19.3 Å². The molecule has 2 aliphatic heterocycles. The van der Waals surface area contributed by atoms with Crippen LogP contribution in [0.2, 0.25) is 0 Å². The van der Waals surface area contributed by atoms with Crippen LogP contribution in [0.4, 0.5) is 0 Å². The van der Waals surface area contributed by atoms with Crippen LogP contribution in [0.3, 0.4) is 0 Å². The maximum absolute atomic E-state index is 3.81. The molecule has 2 nitrogen and oxygen atoms in total. The van der Waals surface area contributed by atoms with Crippen LogP contribution in [-0.2, 0) is 0 Å². The summed E-state index contributed by atoms with van der Waals surface area (Å²) in [6.07, 6.45) is 6.24. The van der Waals surface area contributed by atoms with Crippen molar-refractivity contribution in [2.24, 2.45) is 11.8 Å². The Balaban J connectivity index is 1.78. The lowest BCUT2D eigenvalue weighted by atomic mass is 9.84. The fourth-order valence-electron chi connectivity index (χ4n) is 2.91. The smallest absolute Gasteiger partial charge is 0.0160 e. The molecule has 1 N–H and O–H groups in total. The van der Waals surface area contributed by atoms with Gasteiger partial charge in [-0.3, -0.25) is 4.90 Å². The SMILES string of the molecule is C=CCN1CCC(C2CCNCC2)C1. The molecular formula is C12H22N2. The molecule has 0 spiro atoms. The zero-order chi connectivity index (χ0) is 9.80. The van der Waals surface area contributed by atoms with Gasteiger partial charge in [-0.15, -0.1) is 6.58 Å². The van der Waals surface area contributed by atoms with E-state index in [0.29, 0.717) is 0 Å². The van der Waals surface area contributed by atoms with E-state index in [0.717, 1.165) is 18.4 Å². The zero-order valence-corrected chi connectivity index (χ0v) is 9.04. The monoisotopic (exact) mass is 194 g/mol. The van der Waals surface area contributed by atoms with Crippen molar-refractivity contribution in [2.75, 3.05) is 32.7 Å². The fraction of sp³-hybridized carbons (Fsp3) is 0.833. The van der Waals surface area contributed by atoms with Crippen LogP contribution >= 0.6 is 0 Å². The minimum absolute atomic E-state index is 0.969. The Morgan fingerprint density at radius 2 is 2.00 bits per heavy atom. The summed E-state index contributed by atoms with van der Waals surface area (Å²) in [7, 11) is 0. The highest BCUT2D eigenvalue weighted by atomic mass is 15.1. The summed E-state index contributed by atoms with van der Waals surface area (Å²) in [6.45, 7) is 9.98. The summed E-state index contributed by atoms with van der Waals surface area (Å²) in [5.41, 5.74) is 0. The third-order valence-corrected chi connectivity index (χ3v) is 3.75. The molecule has 0 amide bonds. The molecule has 0 radical (unpaired) electrons. The molecule has 2 rings (SSSR count). The Bertz CT molecular complexity index is 185. The first kappa shape index (κ1) is 10.2. The van der Waals surface area contributed by atoms with Crippen LogP contribution in [0.5, 0.6) is 0 Å². The Morgan fingerprint density at radius 3 is 2.71 bits per heavy atom. The second-order valence-corrected chi connectivity index (χ2v) is 4.68. The van der Waals surface area contributed by atoms with E-state index in [1.165, 1.54) is 45.4 Å². The highest BCUT2D eigenvalue weighted by Crippen LogP contribution is 2.29. The summed E-state index contributed by atoms with van der Waals surface area (Å²) in [5, 5.41) is 3.44. The molecule has 0 aromatic rings. The topological polar surface area (TPSA) is 15.3 Å². The maximum atomic E-state index is 3.81. The standard InChI is InChI=1S/C12H22N2/c1-2-8-14-9-5-12(10-14)11-3-6-13-7-4-11/h2,11-13H,1,3-10H2. The number of nitrogens with zero attached hydrogens (tertiary/aromatic N) is 1. The molecule has 0 bridgehead atoms. The van der Waals surface area contributed by atoms with Crippen molar-refractivity contribution in [2.45, 2.75) is 19.3 Å². The molecule has 0 aliphatic carbocycles. The van der Waals surface area contributed by atoms with E-state index in [-0.39, 0.29) is 0 Å². The Hall–Kier alpha value is -0.340. The summed E-state index contributed by atoms with van der Waals surface area (Å²) in [6, 6.07) is 0. The lowest BCUT2D eigenvalue weighted by Gasteiger charge is -2.28. The van der Waals surface area contributed by atoms with E-state index in [1.807, 2.05) is 6.08 Å². The minimum Gasteiger partial charge on any atom is -0.317 e. The van der Waals surface area contributed by atoms with Crippen LogP contribution in [0.25, 0.3) is 0 Å². The van der Waals surface area contributed by atoms with E-state index in [9.17, 15) is 0 Å². The van der Waals surface area contributed by atoms with Gasteiger partial charge in [0.25, 0.3) is 0 Å². The largest absolute Gasteiger partial charge is 0.317 e. The number of hydrogen-bond acceptors (Lipinski definition) is 2. The van der Waals surface area contributed by atoms with Crippen molar-refractivity contribution in [1.82, 2.24) is 10.2 Å². The first-order valence-corrected chi connectivity index (χ1v) is 5.94. The second-order valence-electron chi connectivity index (χ2n) is 4.68. The van der Waals surface area contributed by atoms with Crippen molar-refractivity contribution in [1.29, 1.82) is 0 Å². The quantitative estimate of drug-likeness (QED) is 0.685. The second kappa shape index (κ2) is 4.94. The number of rotatable bonds is 3. The highest BCUT2D eigenvalue weighted by Gasteiger charge is 2.29. The molecule has 2 saturated heterocycles. The fourth-order valence-corrected chi connectivity index (χ4v) is 2.91. The summed E-state index contributed by atoms with van der Waals surface area (Å²) < 4.78 is 0. The molecule has 2 fully saturated rings. The van der Waals surface area contributed by atoms with Crippen LogP contribution < -0.4 is 5.32 Å². The molecule has 0 saturated carbocycles. The Morgan fingerprint density at radius 1 is 1.21 bits per heavy atom. The first-order chi connectivity index (χ1) is 6.90. The van der Waals surface area contributed by atoms with Gasteiger partial charge in [-0.2, -0.15) is 0 Å². The van der Waals surface area contributed by atoms with Gasteiger partial charge in [0.1, 0.15) is 0 Å². The van der Waals surface area contributed by atoms with E-state index in [1.54, 1.807) is 0 Å². The molecule has 2 heterocycles. The van der Waals surface area contributed by atoms with Gasteiger partial charge < -0.3 is 5.32 Å². The van der Waals surface area contributed by atoms with Crippen molar-refractivity contribution >= 4 is 0 Å². The third kappa shape index (κ3) is 2.37. The highest BCUT2D eigenvalue weighted by molar-refractivity contribution is 4.86. The van der Waals surface area contributed by atoms with Crippen molar-refractivity contribution in [3.8, 4) is 0 Å². The van der Waals surface area contributed by atoms with Crippen molar-refractivity contribution in [3.63, 3.8) is 0 Å².